The molecule has 0 fully saturated rings. The minimum atomic E-state index is -4.71. The van der Waals surface area contributed by atoms with Crippen molar-refractivity contribution in [2.75, 3.05) is 0 Å². The highest BCUT2D eigenvalue weighted by atomic mass is 35.5. The van der Waals surface area contributed by atoms with E-state index < -0.39 is 6.36 Å². The SMILES string of the molecule is FC(F)(F)Oc1cccc(-c2cc(Cl)cc(CCl)c2)c1. The topological polar surface area (TPSA) is 9.23 Å². The standard InChI is InChI=1S/C14H9Cl2F3O/c15-8-9-4-11(6-12(16)5-9)10-2-1-3-13(7-10)20-14(17,18)19/h1-7H,8H2. The maximum atomic E-state index is 12.2. The average molecular weight is 321 g/mol. The fourth-order valence-electron chi connectivity index (χ4n) is 1.77. The molecule has 6 heteroatoms. The number of hydrogen-bond donors (Lipinski definition) is 0. The molecular weight excluding hydrogens is 312 g/mol. The fourth-order valence-corrected chi connectivity index (χ4v) is 2.18. The number of hydrogen-bond acceptors (Lipinski definition) is 1. The molecular formula is C14H9Cl2F3O. The van der Waals surface area contributed by atoms with Crippen LogP contribution in [0.2, 0.25) is 5.02 Å². The normalized spacial score (nSPS) is 11.4. The van der Waals surface area contributed by atoms with Gasteiger partial charge >= 0.3 is 6.36 Å². The molecule has 0 saturated carbocycles. The zero-order chi connectivity index (χ0) is 14.8. The quantitative estimate of drug-likeness (QED) is 0.664. The predicted molar refractivity (Wildman–Crippen MR) is 73.1 cm³/mol. The minimum absolute atomic E-state index is 0.270. The van der Waals surface area contributed by atoms with Crippen molar-refractivity contribution < 1.29 is 17.9 Å². The van der Waals surface area contributed by atoms with Crippen molar-refractivity contribution in [1.29, 1.82) is 0 Å². The molecule has 2 rings (SSSR count). The summed E-state index contributed by atoms with van der Waals surface area (Å²) >= 11 is 11.7. The molecule has 0 spiro atoms. The molecule has 0 amide bonds. The highest BCUT2D eigenvalue weighted by molar-refractivity contribution is 6.31. The van der Waals surface area contributed by atoms with Crippen LogP contribution in [0.25, 0.3) is 11.1 Å². The van der Waals surface area contributed by atoms with Crippen molar-refractivity contribution in [2.24, 2.45) is 0 Å². The van der Waals surface area contributed by atoms with Gasteiger partial charge in [-0.25, -0.2) is 0 Å². The van der Waals surface area contributed by atoms with E-state index in [1.165, 1.54) is 18.2 Å². The minimum Gasteiger partial charge on any atom is -0.406 e. The lowest BCUT2D eigenvalue weighted by Gasteiger charge is -2.11. The maximum Gasteiger partial charge on any atom is 0.573 e. The van der Waals surface area contributed by atoms with Crippen LogP contribution in [0.15, 0.2) is 42.5 Å². The molecule has 0 aliphatic heterocycles. The maximum absolute atomic E-state index is 12.2. The smallest absolute Gasteiger partial charge is 0.406 e. The Labute approximate surface area is 123 Å². The summed E-state index contributed by atoms with van der Waals surface area (Å²) in [7, 11) is 0. The second-order valence-electron chi connectivity index (χ2n) is 4.06. The highest BCUT2D eigenvalue weighted by Gasteiger charge is 2.31. The van der Waals surface area contributed by atoms with Gasteiger partial charge in [0, 0.05) is 10.9 Å². The molecule has 2 aromatic carbocycles. The van der Waals surface area contributed by atoms with Gasteiger partial charge in [-0.05, 0) is 47.0 Å². The highest BCUT2D eigenvalue weighted by Crippen LogP contribution is 2.30. The second kappa shape index (κ2) is 5.94. The summed E-state index contributed by atoms with van der Waals surface area (Å²) in [5, 5.41) is 0.472. The molecule has 20 heavy (non-hydrogen) atoms. The summed E-state index contributed by atoms with van der Waals surface area (Å²) < 4.78 is 40.5. The van der Waals surface area contributed by atoms with E-state index in [0.29, 0.717) is 16.1 Å². The van der Waals surface area contributed by atoms with E-state index in [2.05, 4.69) is 4.74 Å². The Kier molecular flexibility index (Phi) is 4.45. The van der Waals surface area contributed by atoms with Gasteiger partial charge < -0.3 is 4.74 Å². The Hall–Kier alpha value is -1.39. The van der Waals surface area contributed by atoms with E-state index in [0.717, 1.165) is 5.56 Å². The molecule has 0 N–H and O–H groups in total. The van der Waals surface area contributed by atoms with Gasteiger partial charge in [0.2, 0.25) is 0 Å². The van der Waals surface area contributed by atoms with Crippen LogP contribution in [0.3, 0.4) is 0 Å². The Morgan fingerprint density at radius 2 is 1.75 bits per heavy atom. The van der Waals surface area contributed by atoms with E-state index in [-0.39, 0.29) is 11.6 Å². The van der Waals surface area contributed by atoms with E-state index in [4.69, 9.17) is 23.2 Å². The Balaban J connectivity index is 2.38. The van der Waals surface area contributed by atoms with Gasteiger partial charge in [0.05, 0.1) is 0 Å². The largest absolute Gasteiger partial charge is 0.573 e. The molecule has 0 radical (unpaired) electrons. The lowest BCUT2D eigenvalue weighted by molar-refractivity contribution is -0.274. The van der Waals surface area contributed by atoms with Gasteiger partial charge in [-0.2, -0.15) is 0 Å². The molecule has 0 aliphatic carbocycles. The molecule has 1 nitrogen and oxygen atoms in total. The van der Waals surface area contributed by atoms with Gasteiger partial charge in [-0.1, -0.05) is 23.7 Å². The van der Waals surface area contributed by atoms with Crippen molar-refractivity contribution in [3.05, 3.63) is 53.1 Å². The lowest BCUT2D eigenvalue weighted by atomic mass is 10.0. The second-order valence-corrected chi connectivity index (χ2v) is 4.76. The molecule has 0 heterocycles. The summed E-state index contributed by atoms with van der Waals surface area (Å²) in [5.41, 5.74) is 2.04. The summed E-state index contributed by atoms with van der Waals surface area (Å²) in [6.45, 7) is 0. The zero-order valence-electron chi connectivity index (χ0n) is 10.0. The van der Waals surface area contributed by atoms with E-state index in [1.807, 2.05) is 0 Å². The molecule has 0 unspecified atom stereocenters. The molecule has 0 aliphatic rings. The van der Waals surface area contributed by atoms with Crippen LogP contribution in [-0.4, -0.2) is 6.36 Å². The third kappa shape index (κ3) is 4.05. The molecule has 0 atom stereocenters. The molecule has 0 bridgehead atoms. The monoisotopic (exact) mass is 320 g/mol. The van der Waals surface area contributed by atoms with Crippen LogP contribution in [-0.2, 0) is 5.88 Å². The first kappa shape index (κ1) is 15.0. The fraction of sp³-hybridized carbons (Fsp3) is 0.143. The summed E-state index contributed by atoms with van der Waals surface area (Å²) in [6, 6.07) is 10.8. The van der Waals surface area contributed by atoms with Crippen LogP contribution in [0, 0.1) is 0 Å². The Morgan fingerprint density at radius 1 is 1.00 bits per heavy atom. The number of alkyl halides is 4. The van der Waals surface area contributed by atoms with Crippen LogP contribution >= 0.6 is 23.2 Å². The number of halogens is 5. The van der Waals surface area contributed by atoms with Crippen molar-refractivity contribution >= 4 is 23.2 Å². The van der Waals surface area contributed by atoms with E-state index in [1.54, 1.807) is 24.3 Å². The Morgan fingerprint density at radius 3 is 2.40 bits per heavy atom. The molecule has 0 saturated heterocycles. The van der Waals surface area contributed by atoms with Gasteiger partial charge in [-0.3, -0.25) is 0 Å². The van der Waals surface area contributed by atoms with Crippen LogP contribution in [0.1, 0.15) is 5.56 Å². The van der Waals surface area contributed by atoms with Crippen LogP contribution in [0.4, 0.5) is 13.2 Å². The van der Waals surface area contributed by atoms with Gasteiger partial charge in [0.15, 0.2) is 0 Å². The third-order valence-corrected chi connectivity index (χ3v) is 3.04. The molecule has 0 aromatic heterocycles. The average Bonchev–Trinajstić information content (AvgIpc) is 2.36. The van der Waals surface area contributed by atoms with Crippen LogP contribution in [0.5, 0.6) is 5.75 Å². The Bertz CT molecular complexity index is 612. The van der Waals surface area contributed by atoms with Crippen molar-refractivity contribution in [2.45, 2.75) is 12.2 Å². The summed E-state index contributed by atoms with van der Waals surface area (Å²) in [6.07, 6.45) is -4.71. The van der Waals surface area contributed by atoms with E-state index in [9.17, 15) is 13.2 Å². The third-order valence-electron chi connectivity index (χ3n) is 2.51. The van der Waals surface area contributed by atoms with E-state index >= 15 is 0 Å². The predicted octanol–water partition coefficient (Wildman–Crippen LogP) is 5.64. The number of ether oxygens (including phenoxy) is 1. The van der Waals surface area contributed by atoms with Gasteiger partial charge in [-0.15, -0.1) is 24.8 Å². The zero-order valence-corrected chi connectivity index (χ0v) is 11.6. The summed E-state index contributed by atoms with van der Waals surface area (Å²) in [4.78, 5) is 0. The van der Waals surface area contributed by atoms with Gasteiger partial charge in [0.1, 0.15) is 5.75 Å². The lowest BCUT2D eigenvalue weighted by Crippen LogP contribution is -2.17. The van der Waals surface area contributed by atoms with Crippen LogP contribution < -0.4 is 4.74 Å². The number of rotatable bonds is 3. The van der Waals surface area contributed by atoms with Crippen molar-refractivity contribution in [3.63, 3.8) is 0 Å². The molecule has 2 aromatic rings. The summed E-state index contributed by atoms with van der Waals surface area (Å²) in [5.74, 6) is -0.00542. The van der Waals surface area contributed by atoms with Crippen molar-refractivity contribution in [3.8, 4) is 16.9 Å². The van der Waals surface area contributed by atoms with Crippen molar-refractivity contribution in [1.82, 2.24) is 0 Å². The number of benzene rings is 2. The first-order valence-electron chi connectivity index (χ1n) is 5.59. The van der Waals surface area contributed by atoms with Gasteiger partial charge in [0.25, 0.3) is 0 Å². The first-order chi connectivity index (χ1) is 9.37. The first-order valence-corrected chi connectivity index (χ1v) is 6.50. The molecule has 106 valence electrons.